The molecule has 0 unspecified atom stereocenters. The standard InChI is InChI=1S/C12H21N3/c1-10(2)15-8-6-12(14-15)9-13-7-5-11-3-4-11/h6,8,10-11,13H,3-5,7,9H2,1-2H3. The van der Waals surface area contributed by atoms with Crippen LogP contribution in [-0.2, 0) is 6.54 Å². The fraction of sp³-hybridized carbons (Fsp3) is 0.750. The molecule has 0 amide bonds. The number of hydrogen-bond acceptors (Lipinski definition) is 2. The van der Waals surface area contributed by atoms with Crippen molar-refractivity contribution in [2.45, 2.75) is 45.7 Å². The summed E-state index contributed by atoms with van der Waals surface area (Å²) >= 11 is 0. The molecule has 15 heavy (non-hydrogen) atoms. The van der Waals surface area contributed by atoms with Crippen LogP contribution in [0.4, 0.5) is 0 Å². The Morgan fingerprint density at radius 2 is 2.33 bits per heavy atom. The predicted molar refractivity (Wildman–Crippen MR) is 61.7 cm³/mol. The van der Waals surface area contributed by atoms with E-state index in [0.29, 0.717) is 6.04 Å². The van der Waals surface area contributed by atoms with E-state index < -0.39 is 0 Å². The average Bonchev–Trinajstić information content (AvgIpc) is 2.90. The fourth-order valence-electron chi connectivity index (χ4n) is 1.69. The third-order valence-electron chi connectivity index (χ3n) is 2.93. The minimum Gasteiger partial charge on any atom is -0.311 e. The zero-order valence-electron chi connectivity index (χ0n) is 9.74. The first-order chi connectivity index (χ1) is 7.25. The largest absolute Gasteiger partial charge is 0.311 e. The molecular weight excluding hydrogens is 186 g/mol. The van der Waals surface area contributed by atoms with Gasteiger partial charge in [-0.05, 0) is 38.8 Å². The van der Waals surface area contributed by atoms with Crippen LogP contribution in [0.1, 0.15) is 44.8 Å². The SMILES string of the molecule is CC(C)n1ccc(CNCCC2CC2)n1. The Balaban J connectivity index is 1.67. The van der Waals surface area contributed by atoms with Crippen LogP contribution >= 0.6 is 0 Å². The molecule has 1 fully saturated rings. The number of nitrogens with zero attached hydrogens (tertiary/aromatic N) is 2. The van der Waals surface area contributed by atoms with Gasteiger partial charge in [0.2, 0.25) is 0 Å². The average molecular weight is 207 g/mol. The Morgan fingerprint density at radius 3 is 2.93 bits per heavy atom. The molecule has 0 aromatic carbocycles. The highest BCUT2D eigenvalue weighted by Crippen LogP contribution is 2.31. The molecule has 1 aliphatic carbocycles. The highest BCUT2D eigenvalue weighted by atomic mass is 15.3. The summed E-state index contributed by atoms with van der Waals surface area (Å²) in [5, 5.41) is 7.95. The van der Waals surface area contributed by atoms with E-state index in [0.717, 1.165) is 24.7 Å². The quantitative estimate of drug-likeness (QED) is 0.726. The second kappa shape index (κ2) is 4.79. The lowest BCUT2D eigenvalue weighted by atomic mass is 10.3. The van der Waals surface area contributed by atoms with E-state index in [1.165, 1.54) is 19.3 Å². The fourth-order valence-corrected chi connectivity index (χ4v) is 1.69. The lowest BCUT2D eigenvalue weighted by Crippen LogP contribution is -2.16. The van der Waals surface area contributed by atoms with Gasteiger partial charge in [-0.25, -0.2) is 0 Å². The van der Waals surface area contributed by atoms with Gasteiger partial charge in [0, 0.05) is 18.8 Å². The second-order valence-electron chi connectivity index (χ2n) is 4.79. The summed E-state index contributed by atoms with van der Waals surface area (Å²) in [6.07, 6.45) is 6.29. The van der Waals surface area contributed by atoms with Crippen LogP contribution in [0.2, 0.25) is 0 Å². The van der Waals surface area contributed by atoms with Crippen LogP contribution in [0.5, 0.6) is 0 Å². The number of nitrogens with one attached hydrogen (secondary N) is 1. The topological polar surface area (TPSA) is 29.9 Å². The van der Waals surface area contributed by atoms with E-state index in [2.05, 4.69) is 36.5 Å². The maximum absolute atomic E-state index is 4.50. The molecule has 1 N–H and O–H groups in total. The van der Waals surface area contributed by atoms with Gasteiger partial charge in [0.1, 0.15) is 0 Å². The van der Waals surface area contributed by atoms with Crippen LogP contribution in [0.25, 0.3) is 0 Å². The monoisotopic (exact) mass is 207 g/mol. The van der Waals surface area contributed by atoms with E-state index in [9.17, 15) is 0 Å². The van der Waals surface area contributed by atoms with Crippen LogP contribution in [-0.4, -0.2) is 16.3 Å². The second-order valence-corrected chi connectivity index (χ2v) is 4.79. The summed E-state index contributed by atoms with van der Waals surface area (Å²) in [5.41, 5.74) is 1.15. The van der Waals surface area contributed by atoms with E-state index in [1.807, 2.05) is 4.68 Å². The molecule has 1 aliphatic rings. The minimum absolute atomic E-state index is 0.463. The van der Waals surface area contributed by atoms with Crippen LogP contribution in [0.3, 0.4) is 0 Å². The molecule has 0 spiro atoms. The van der Waals surface area contributed by atoms with E-state index in [-0.39, 0.29) is 0 Å². The maximum atomic E-state index is 4.50. The molecule has 0 bridgehead atoms. The third-order valence-corrected chi connectivity index (χ3v) is 2.93. The van der Waals surface area contributed by atoms with Gasteiger partial charge >= 0.3 is 0 Å². The Labute approximate surface area is 91.9 Å². The van der Waals surface area contributed by atoms with Crippen molar-refractivity contribution >= 4 is 0 Å². The van der Waals surface area contributed by atoms with Gasteiger partial charge in [0.05, 0.1) is 5.69 Å². The summed E-state index contributed by atoms with van der Waals surface area (Å²) in [5.74, 6) is 1.02. The van der Waals surface area contributed by atoms with Crippen molar-refractivity contribution in [2.75, 3.05) is 6.54 Å². The zero-order valence-corrected chi connectivity index (χ0v) is 9.74. The summed E-state index contributed by atoms with van der Waals surface area (Å²) in [4.78, 5) is 0. The van der Waals surface area contributed by atoms with Crippen LogP contribution < -0.4 is 5.32 Å². The molecule has 0 atom stereocenters. The molecule has 1 saturated carbocycles. The molecule has 3 nitrogen and oxygen atoms in total. The smallest absolute Gasteiger partial charge is 0.0762 e. The number of rotatable bonds is 6. The van der Waals surface area contributed by atoms with Gasteiger partial charge < -0.3 is 5.32 Å². The van der Waals surface area contributed by atoms with Gasteiger partial charge in [-0.15, -0.1) is 0 Å². The molecule has 3 heteroatoms. The summed E-state index contributed by atoms with van der Waals surface area (Å²) in [7, 11) is 0. The van der Waals surface area contributed by atoms with Crippen molar-refractivity contribution in [3.05, 3.63) is 18.0 Å². The molecule has 1 aromatic rings. The van der Waals surface area contributed by atoms with Crippen molar-refractivity contribution in [3.63, 3.8) is 0 Å². The van der Waals surface area contributed by atoms with Crippen molar-refractivity contribution < 1.29 is 0 Å². The van der Waals surface area contributed by atoms with E-state index >= 15 is 0 Å². The maximum Gasteiger partial charge on any atom is 0.0762 e. The summed E-state index contributed by atoms with van der Waals surface area (Å²) in [6.45, 7) is 6.35. The van der Waals surface area contributed by atoms with E-state index in [1.54, 1.807) is 0 Å². The highest BCUT2D eigenvalue weighted by Gasteiger charge is 2.19. The molecule has 0 saturated heterocycles. The Hall–Kier alpha value is -0.830. The number of aromatic nitrogens is 2. The van der Waals surface area contributed by atoms with Crippen molar-refractivity contribution in [1.29, 1.82) is 0 Å². The van der Waals surface area contributed by atoms with Crippen LogP contribution in [0.15, 0.2) is 12.3 Å². The number of hydrogen-bond donors (Lipinski definition) is 1. The van der Waals surface area contributed by atoms with Gasteiger partial charge in [0.15, 0.2) is 0 Å². The molecular formula is C12H21N3. The molecule has 1 aromatic heterocycles. The van der Waals surface area contributed by atoms with Gasteiger partial charge in [-0.2, -0.15) is 5.10 Å². The first kappa shape index (κ1) is 10.7. The van der Waals surface area contributed by atoms with E-state index in [4.69, 9.17) is 0 Å². The minimum atomic E-state index is 0.463. The molecule has 1 heterocycles. The first-order valence-corrected chi connectivity index (χ1v) is 6.00. The zero-order chi connectivity index (χ0) is 10.7. The van der Waals surface area contributed by atoms with Crippen molar-refractivity contribution in [2.24, 2.45) is 5.92 Å². The molecule has 0 radical (unpaired) electrons. The molecule has 2 rings (SSSR count). The molecule has 84 valence electrons. The predicted octanol–water partition coefficient (Wildman–Crippen LogP) is 2.35. The van der Waals surface area contributed by atoms with Crippen LogP contribution in [0, 0.1) is 5.92 Å². The normalized spacial score (nSPS) is 16.2. The van der Waals surface area contributed by atoms with Gasteiger partial charge in [0.25, 0.3) is 0 Å². The van der Waals surface area contributed by atoms with Gasteiger partial charge in [-0.1, -0.05) is 12.8 Å². The Bertz CT molecular complexity index is 300. The Kier molecular flexibility index (Phi) is 3.41. The van der Waals surface area contributed by atoms with Gasteiger partial charge in [-0.3, -0.25) is 4.68 Å². The van der Waals surface area contributed by atoms with Crippen molar-refractivity contribution in [1.82, 2.24) is 15.1 Å². The molecule has 0 aliphatic heterocycles. The summed E-state index contributed by atoms with van der Waals surface area (Å²) < 4.78 is 2.01. The third kappa shape index (κ3) is 3.34. The lowest BCUT2D eigenvalue weighted by Gasteiger charge is -2.04. The first-order valence-electron chi connectivity index (χ1n) is 6.00. The Morgan fingerprint density at radius 1 is 1.53 bits per heavy atom. The summed E-state index contributed by atoms with van der Waals surface area (Å²) in [6, 6.07) is 2.56. The van der Waals surface area contributed by atoms with Crippen molar-refractivity contribution in [3.8, 4) is 0 Å². The highest BCUT2D eigenvalue weighted by molar-refractivity contribution is 4.99. The lowest BCUT2D eigenvalue weighted by molar-refractivity contribution is 0.519.